The van der Waals surface area contributed by atoms with Gasteiger partial charge in [0.15, 0.2) is 31.3 Å². The van der Waals surface area contributed by atoms with Gasteiger partial charge < -0.3 is 109 Å². The molecular weight excluding hydrogens is 1000 g/mol. The van der Waals surface area contributed by atoms with Crippen LogP contribution in [-0.2, 0) is 42.7 Å². The minimum atomic E-state index is -2.06. The molecule has 0 aromatic carbocycles. The number of carboxylic acids is 1. The molecule has 8 fully saturated rings. The highest BCUT2D eigenvalue weighted by atomic mass is 16.8. The predicted molar refractivity (Wildman–Crippen MR) is 259 cm³/mol. The number of rotatable bonds is 12. The fraction of sp³-hybridized carbons (Fsp3) is 0.943. The van der Waals surface area contributed by atoms with Gasteiger partial charge in [-0.1, -0.05) is 53.2 Å². The molecule has 9 aliphatic rings. The molecule has 4 aliphatic heterocycles. The van der Waals surface area contributed by atoms with E-state index in [2.05, 4.69) is 33.8 Å². The number of hydrogen-bond acceptors (Lipinski definition) is 22. The molecule has 9 rings (SSSR count). The Labute approximate surface area is 442 Å². The van der Waals surface area contributed by atoms with Crippen molar-refractivity contribution in [2.45, 2.75) is 235 Å². The van der Waals surface area contributed by atoms with Crippen molar-refractivity contribution >= 4 is 5.97 Å². The minimum Gasteiger partial charge on any atom is -0.479 e. The van der Waals surface area contributed by atoms with Crippen molar-refractivity contribution < 1.29 is 114 Å². The highest BCUT2D eigenvalue weighted by molar-refractivity contribution is 5.73. The van der Waals surface area contributed by atoms with Crippen LogP contribution in [0.3, 0.4) is 0 Å². The first kappa shape index (κ1) is 59.0. The van der Waals surface area contributed by atoms with E-state index in [4.69, 9.17) is 37.9 Å². The van der Waals surface area contributed by atoms with E-state index in [1.807, 2.05) is 13.8 Å². The van der Waals surface area contributed by atoms with Gasteiger partial charge in [-0.2, -0.15) is 0 Å². The van der Waals surface area contributed by atoms with Crippen molar-refractivity contribution in [3.05, 3.63) is 11.6 Å². The fourth-order valence-electron chi connectivity index (χ4n) is 16.3. The van der Waals surface area contributed by atoms with Crippen LogP contribution in [0.1, 0.15) is 106 Å². The van der Waals surface area contributed by atoms with Crippen molar-refractivity contribution in [3.63, 3.8) is 0 Å². The standard InChI is InChI=1S/C53H86O23/c1-22-31(58)34(61)39(66)45(71-22)75-41-32(59)25(56)19-69-46(41)76-42-37(64)36(63)40(43(67)68)74-47(42)73-30-11-12-50(4)27(51(30,5)20-55)10-13-53(7)28(50)9-8-23-24-16-48(2,17-29(57)49(24,3)14-15-52(23,53)6)21-70-44-38(65)35(62)33(60)26(18-54)72-44/h8,22,24-42,44-47,54-66H,9-21H2,1-7H3,(H,67,68). The molecule has 0 aromatic heterocycles. The number of aliphatic hydroxyl groups is 13. The molecule has 0 aromatic rings. The number of aliphatic carboxylic acids is 1. The molecule has 30 unspecified atom stereocenters. The number of fused-ring (bicyclic) bond motifs is 7. The van der Waals surface area contributed by atoms with Crippen molar-refractivity contribution in [3.8, 4) is 0 Å². The summed E-state index contributed by atoms with van der Waals surface area (Å²) in [7, 11) is 0. The van der Waals surface area contributed by atoms with Gasteiger partial charge in [0.25, 0.3) is 0 Å². The van der Waals surface area contributed by atoms with Crippen LogP contribution in [0.2, 0.25) is 0 Å². The van der Waals surface area contributed by atoms with E-state index in [1.165, 1.54) is 12.5 Å². The molecular formula is C53H86O23. The summed E-state index contributed by atoms with van der Waals surface area (Å²) in [5.74, 6) is -1.67. The second-order valence-corrected chi connectivity index (χ2v) is 25.8. The topological polar surface area (TPSA) is 374 Å². The van der Waals surface area contributed by atoms with Crippen LogP contribution in [0.5, 0.6) is 0 Å². The molecule has 76 heavy (non-hydrogen) atoms. The molecule has 5 aliphatic carbocycles. The highest BCUT2D eigenvalue weighted by Crippen LogP contribution is 2.76. The van der Waals surface area contributed by atoms with E-state index in [9.17, 15) is 76.3 Å². The number of allylic oxidation sites excluding steroid dienone is 2. The molecule has 436 valence electrons. The largest absolute Gasteiger partial charge is 0.479 e. The zero-order valence-corrected chi connectivity index (χ0v) is 44.6. The summed E-state index contributed by atoms with van der Waals surface area (Å²) in [6.07, 6.45) is -24.4. The van der Waals surface area contributed by atoms with Crippen LogP contribution in [0, 0.1) is 50.2 Å². The third-order valence-corrected chi connectivity index (χ3v) is 21.4. The van der Waals surface area contributed by atoms with E-state index in [0.717, 1.165) is 25.7 Å². The minimum absolute atomic E-state index is 0.0327. The van der Waals surface area contributed by atoms with E-state index < -0.39 is 164 Å². The molecule has 0 spiro atoms. The molecule has 4 saturated carbocycles. The van der Waals surface area contributed by atoms with Gasteiger partial charge in [0.2, 0.25) is 0 Å². The zero-order valence-electron chi connectivity index (χ0n) is 44.6. The van der Waals surface area contributed by atoms with E-state index in [-0.39, 0.29) is 47.2 Å². The molecule has 23 nitrogen and oxygen atoms in total. The van der Waals surface area contributed by atoms with Crippen LogP contribution < -0.4 is 0 Å². The first-order valence-corrected chi connectivity index (χ1v) is 27.3. The molecule has 0 radical (unpaired) electrons. The van der Waals surface area contributed by atoms with Gasteiger partial charge >= 0.3 is 5.97 Å². The van der Waals surface area contributed by atoms with Gasteiger partial charge in [-0.15, -0.1) is 0 Å². The number of ether oxygens (including phenoxy) is 8. The monoisotopic (exact) mass is 1090 g/mol. The van der Waals surface area contributed by atoms with Crippen LogP contribution in [0.15, 0.2) is 11.6 Å². The van der Waals surface area contributed by atoms with Crippen LogP contribution >= 0.6 is 0 Å². The van der Waals surface area contributed by atoms with Gasteiger partial charge in [0.1, 0.15) is 79.4 Å². The van der Waals surface area contributed by atoms with Gasteiger partial charge in [-0.3, -0.25) is 0 Å². The number of carbonyl (C=O) groups is 1. The predicted octanol–water partition coefficient (Wildman–Crippen LogP) is -1.86. The van der Waals surface area contributed by atoms with Gasteiger partial charge in [0, 0.05) is 10.8 Å². The average molecular weight is 1090 g/mol. The second kappa shape index (κ2) is 21.3. The second-order valence-electron chi connectivity index (χ2n) is 25.8. The summed E-state index contributed by atoms with van der Waals surface area (Å²) in [6.45, 7) is 13.2. The molecule has 4 saturated heterocycles. The van der Waals surface area contributed by atoms with E-state index >= 15 is 0 Å². The summed E-state index contributed by atoms with van der Waals surface area (Å²) >= 11 is 0. The normalized spacial score (nSPS) is 56.6. The van der Waals surface area contributed by atoms with Gasteiger partial charge in [0.05, 0.1) is 44.7 Å². The summed E-state index contributed by atoms with van der Waals surface area (Å²) in [5, 5.41) is 151. The molecule has 0 bridgehead atoms. The summed E-state index contributed by atoms with van der Waals surface area (Å²) in [5.41, 5.74) is -1.62. The average Bonchev–Trinajstić information content (AvgIpc) is 3.51. The fourth-order valence-corrected chi connectivity index (χ4v) is 16.3. The SMILES string of the molecule is CC1OC(OC2C(OC3C(OC4CCC5(C)C(CCC6(C)C5CC=C5C7CC(C)(COC8OC(CO)C(O)C(O)C8O)CC(O)C7(C)CCC56C)C4(C)CO)OC(C(=O)O)C(O)C3O)OCC(O)C2O)C(O)C(O)C1O. The lowest BCUT2D eigenvalue weighted by Gasteiger charge is -2.72. The Bertz CT molecular complexity index is 2100. The lowest BCUT2D eigenvalue weighted by atomic mass is 9.33. The zero-order chi connectivity index (χ0) is 55.6. The summed E-state index contributed by atoms with van der Waals surface area (Å²) in [6, 6.07) is 0. The van der Waals surface area contributed by atoms with Crippen molar-refractivity contribution in [2.75, 3.05) is 26.4 Å². The maximum Gasteiger partial charge on any atom is 0.335 e. The first-order valence-electron chi connectivity index (χ1n) is 27.3. The quantitative estimate of drug-likeness (QED) is 0.0753. The number of hydrogen-bond donors (Lipinski definition) is 14. The van der Waals surface area contributed by atoms with Crippen LogP contribution in [0.4, 0.5) is 0 Å². The maximum atomic E-state index is 12.5. The first-order chi connectivity index (χ1) is 35.5. The Kier molecular flexibility index (Phi) is 16.5. The van der Waals surface area contributed by atoms with Crippen molar-refractivity contribution in [1.29, 1.82) is 0 Å². The summed E-state index contributed by atoms with van der Waals surface area (Å²) < 4.78 is 48.0. The Morgan fingerprint density at radius 1 is 0.645 bits per heavy atom. The van der Waals surface area contributed by atoms with Crippen molar-refractivity contribution in [1.82, 2.24) is 0 Å². The Morgan fingerprint density at radius 3 is 1.97 bits per heavy atom. The lowest BCUT2D eigenvalue weighted by Crippen LogP contribution is -2.68. The molecule has 14 N–H and O–H groups in total. The highest BCUT2D eigenvalue weighted by Gasteiger charge is 2.70. The Balaban J connectivity index is 0.952. The van der Waals surface area contributed by atoms with Gasteiger partial charge in [-0.25, -0.2) is 4.79 Å². The Hall–Kier alpha value is -1.63. The third kappa shape index (κ3) is 9.46. The molecule has 30 atom stereocenters. The Morgan fingerprint density at radius 2 is 1.30 bits per heavy atom. The third-order valence-electron chi connectivity index (χ3n) is 21.4. The van der Waals surface area contributed by atoms with Gasteiger partial charge in [-0.05, 0) is 104 Å². The lowest BCUT2D eigenvalue weighted by molar-refractivity contribution is -0.387. The van der Waals surface area contributed by atoms with Crippen LogP contribution in [0.25, 0.3) is 0 Å². The smallest absolute Gasteiger partial charge is 0.335 e. The van der Waals surface area contributed by atoms with E-state index in [0.29, 0.717) is 32.1 Å². The molecule has 0 amide bonds. The number of carboxylic acid groups (broad SMARTS) is 1. The number of aliphatic hydroxyl groups excluding tert-OH is 13. The molecule has 4 heterocycles. The summed E-state index contributed by atoms with van der Waals surface area (Å²) in [4.78, 5) is 12.5. The van der Waals surface area contributed by atoms with Crippen LogP contribution in [-0.4, -0.2) is 233 Å². The van der Waals surface area contributed by atoms with E-state index in [1.54, 1.807) is 0 Å². The maximum absolute atomic E-state index is 12.5. The van der Waals surface area contributed by atoms with Crippen molar-refractivity contribution in [2.24, 2.45) is 50.2 Å². The molecule has 23 heteroatoms.